The summed E-state index contributed by atoms with van der Waals surface area (Å²) < 4.78 is 0. The molecule has 18 heavy (non-hydrogen) atoms. The van der Waals surface area contributed by atoms with E-state index < -0.39 is 0 Å². The largest absolute Gasteiger partial charge is 0.352 e. The van der Waals surface area contributed by atoms with Crippen LogP contribution in [0.15, 0.2) is 11.6 Å². The maximum atomic E-state index is 11.8. The molecule has 0 saturated carbocycles. The topological polar surface area (TPSA) is 73.2 Å². The first-order chi connectivity index (χ1) is 8.52. The van der Waals surface area contributed by atoms with Crippen molar-refractivity contribution in [2.75, 3.05) is 13.1 Å². The minimum Gasteiger partial charge on any atom is -0.352 e. The zero-order valence-corrected chi connectivity index (χ0v) is 10.9. The molecule has 1 rings (SSSR count). The molecule has 1 aliphatic rings. The van der Waals surface area contributed by atoms with Crippen molar-refractivity contribution in [3.63, 3.8) is 0 Å². The second-order valence-corrected chi connectivity index (χ2v) is 4.72. The van der Waals surface area contributed by atoms with Crippen LogP contribution >= 0.6 is 0 Å². The van der Waals surface area contributed by atoms with E-state index in [0.717, 1.165) is 18.4 Å². The molecule has 0 radical (unpaired) electrons. The quantitative estimate of drug-likeness (QED) is 0.757. The Kier molecular flexibility index (Phi) is 5.37. The second kappa shape index (κ2) is 6.80. The Morgan fingerprint density at radius 3 is 2.50 bits per heavy atom. The first-order valence-corrected chi connectivity index (χ1v) is 6.13. The van der Waals surface area contributed by atoms with E-state index in [1.165, 1.54) is 0 Å². The van der Waals surface area contributed by atoms with Crippen molar-refractivity contribution >= 4 is 11.8 Å². The average molecular weight is 249 g/mol. The number of nitrogens with one attached hydrogen (secondary N) is 1. The molecule has 0 aliphatic carbocycles. The number of rotatable bonds is 3. The van der Waals surface area contributed by atoms with Crippen LogP contribution in [-0.4, -0.2) is 35.8 Å². The lowest BCUT2D eigenvalue weighted by Crippen LogP contribution is -2.46. The summed E-state index contributed by atoms with van der Waals surface area (Å²) >= 11 is 0. The zero-order valence-electron chi connectivity index (χ0n) is 10.9. The number of hydrogen-bond acceptors (Lipinski definition) is 3. The first kappa shape index (κ1) is 14.2. The Bertz CT molecular complexity index is 384. The molecular formula is C13H19N3O2. The van der Waals surface area contributed by atoms with Crippen molar-refractivity contribution in [3.05, 3.63) is 11.6 Å². The third kappa shape index (κ3) is 4.58. The van der Waals surface area contributed by atoms with Gasteiger partial charge < -0.3 is 10.2 Å². The lowest BCUT2D eigenvalue weighted by molar-refractivity contribution is -0.127. The minimum atomic E-state index is -0.230. The molecular weight excluding hydrogens is 230 g/mol. The Morgan fingerprint density at radius 2 is 2.00 bits per heavy atom. The Balaban J connectivity index is 2.37. The van der Waals surface area contributed by atoms with E-state index in [9.17, 15) is 9.59 Å². The number of carbonyl (C=O) groups is 2. The van der Waals surface area contributed by atoms with Crippen LogP contribution in [0, 0.1) is 11.3 Å². The van der Waals surface area contributed by atoms with Crippen molar-refractivity contribution in [2.24, 2.45) is 0 Å². The van der Waals surface area contributed by atoms with E-state index in [1.807, 2.05) is 19.9 Å². The molecule has 5 nitrogen and oxygen atoms in total. The highest BCUT2D eigenvalue weighted by atomic mass is 16.2. The van der Waals surface area contributed by atoms with Crippen molar-refractivity contribution in [1.82, 2.24) is 10.2 Å². The van der Waals surface area contributed by atoms with Gasteiger partial charge in [0.25, 0.3) is 0 Å². The second-order valence-electron chi connectivity index (χ2n) is 4.72. The van der Waals surface area contributed by atoms with Gasteiger partial charge in [-0.1, -0.05) is 5.57 Å². The molecule has 0 bridgehead atoms. The van der Waals surface area contributed by atoms with Crippen LogP contribution in [0.5, 0.6) is 0 Å². The van der Waals surface area contributed by atoms with Crippen LogP contribution in [0.4, 0.5) is 0 Å². The van der Waals surface area contributed by atoms with Gasteiger partial charge in [-0.3, -0.25) is 9.59 Å². The highest BCUT2D eigenvalue weighted by Crippen LogP contribution is 2.11. The third-order valence-electron chi connectivity index (χ3n) is 2.82. The summed E-state index contributed by atoms with van der Waals surface area (Å²) in [5, 5.41) is 11.2. The van der Waals surface area contributed by atoms with Crippen LogP contribution in [0.3, 0.4) is 0 Å². The number of nitrogens with zero attached hydrogens (tertiary/aromatic N) is 2. The summed E-state index contributed by atoms with van der Waals surface area (Å²) in [4.78, 5) is 24.8. The Morgan fingerprint density at radius 1 is 1.39 bits per heavy atom. The number of carbonyl (C=O) groups excluding carboxylic acids is 2. The predicted octanol–water partition coefficient (Wildman–Crippen LogP) is 0.973. The number of likely N-dealkylation sites (tertiary alicyclic amines) is 1. The molecule has 2 amide bonds. The highest BCUT2D eigenvalue weighted by Gasteiger charge is 2.22. The highest BCUT2D eigenvalue weighted by molar-refractivity contribution is 5.88. The van der Waals surface area contributed by atoms with Crippen LogP contribution in [-0.2, 0) is 9.59 Å². The lowest BCUT2D eigenvalue weighted by Gasteiger charge is -2.31. The molecule has 5 heteroatoms. The number of nitriles is 1. The van der Waals surface area contributed by atoms with Gasteiger partial charge >= 0.3 is 0 Å². The smallest absolute Gasteiger partial charge is 0.246 e. The van der Waals surface area contributed by atoms with E-state index in [2.05, 4.69) is 5.32 Å². The van der Waals surface area contributed by atoms with Crippen LogP contribution < -0.4 is 5.32 Å². The average Bonchev–Trinajstić information content (AvgIpc) is 2.29. The lowest BCUT2D eigenvalue weighted by atomic mass is 10.0. The molecule has 0 atom stereocenters. The van der Waals surface area contributed by atoms with E-state index in [1.54, 1.807) is 11.0 Å². The first-order valence-electron chi connectivity index (χ1n) is 6.13. The molecule has 1 heterocycles. The summed E-state index contributed by atoms with van der Waals surface area (Å²) in [6.45, 7) is 5.10. The molecule has 0 aromatic rings. The van der Waals surface area contributed by atoms with Crippen LogP contribution in [0.25, 0.3) is 0 Å². The van der Waals surface area contributed by atoms with Gasteiger partial charge in [-0.25, -0.2) is 0 Å². The minimum absolute atomic E-state index is 0.0387. The van der Waals surface area contributed by atoms with E-state index in [-0.39, 0.29) is 24.3 Å². The number of amides is 2. The molecule has 1 N–H and O–H groups in total. The van der Waals surface area contributed by atoms with Gasteiger partial charge in [0, 0.05) is 25.2 Å². The molecule has 1 fully saturated rings. The van der Waals surface area contributed by atoms with Gasteiger partial charge in [-0.05, 0) is 26.7 Å². The molecule has 0 spiro atoms. The summed E-state index contributed by atoms with van der Waals surface area (Å²) in [5.74, 6) is -0.191. The van der Waals surface area contributed by atoms with E-state index in [0.29, 0.717) is 13.1 Å². The SMILES string of the molecule is CC(C)=CC(=O)N1CCC(NC(=O)CC#N)CC1. The summed E-state index contributed by atoms with van der Waals surface area (Å²) in [6.07, 6.45) is 3.03. The fourth-order valence-electron chi connectivity index (χ4n) is 1.93. The molecule has 98 valence electrons. The van der Waals surface area contributed by atoms with Crippen LogP contribution in [0.1, 0.15) is 33.1 Å². The van der Waals surface area contributed by atoms with Crippen molar-refractivity contribution in [1.29, 1.82) is 5.26 Å². The van der Waals surface area contributed by atoms with Crippen molar-refractivity contribution in [2.45, 2.75) is 39.2 Å². The van der Waals surface area contributed by atoms with Gasteiger partial charge in [0.05, 0.1) is 6.07 Å². The van der Waals surface area contributed by atoms with Crippen LogP contribution in [0.2, 0.25) is 0 Å². The summed E-state index contributed by atoms with van der Waals surface area (Å²) in [7, 11) is 0. The molecule has 1 saturated heterocycles. The van der Waals surface area contributed by atoms with E-state index in [4.69, 9.17) is 5.26 Å². The van der Waals surface area contributed by atoms with Gasteiger partial charge in [0.1, 0.15) is 6.42 Å². The Labute approximate surface area is 107 Å². The fourth-order valence-corrected chi connectivity index (χ4v) is 1.93. The zero-order chi connectivity index (χ0) is 13.5. The predicted molar refractivity (Wildman–Crippen MR) is 67.4 cm³/mol. The third-order valence-corrected chi connectivity index (χ3v) is 2.82. The van der Waals surface area contributed by atoms with Gasteiger partial charge in [0.2, 0.25) is 11.8 Å². The number of piperidine rings is 1. The van der Waals surface area contributed by atoms with E-state index >= 15 is 0 Å². The van der Waals surface area contributed by atoms with Gasteiger partial charge in [-0.2, -0.15) is 5.26 Å². The molecule has 0 aromatic heterocycles. The summed E-state index contributed by atoms with van der Waals surface area (Å²) in [6, 6.07) is 1.91. The maximum Gasteiger partial charge on any atom is 0.246 e. The normalized spacial score (nSPS) is 15.7. The van der Waals surface area contributed by atoms with Gasteiger partial charge in [-0.15, -0.1) is 0 Å². The standard InChI is InChI=1S/C13H19N3O2/c1-10(2)9-13(18)16-7-4-11(5-8-16)15-12(17)3-6-14/h9,11H,3-5,7-8H2,1-2H3,(H,15,17). The van der Waals surface area contributed by atoms with Gasteiger partial charge in [0.15, 0.2) is 0 Å². The fraction of sp³-hybridized carbons (Fsp3) is 0.615. The van der Waals surface area contributed by atoms with Crippen molar-refractivity contribution < 1.29 is 9.59 Å². The molecule has 0 unspecified atom stereocenters. The molecule has 1 aliphatic heterocycles. The number of allylic oxidation sites excluding steroid dienone is 1. The Hall–Kier alpha value is -1.83. The maximum absolute atomic E-state index is 11.8. The monoisotopic (exact) mass is 249 g/mol. The molecule has 0 aromatic carbocycles. The summed E-state index contributed by atoms with van der Waals surface area (Å²) in [5.41, 5.74) is 0.990. The number of hydrogen-bond donors (Lipinski definition) is 1. The van der Waals surface area contributed by atoms with Crippen molar-refractivity contribution in [3.8, 4) is 6.07 Å².